The van der Waals surface area contributed by atoms with Crippen molar-refractivity contribution < 1.29 is 17.6 Å². The van der Waals surface area contributed by atoms with Crippen LogP contribution in [-0.4, -0.2) is 38.9 Å². The molecule has 3 aromatic rings. The summed E-state index contributed by atoms with van der Waals surface area (Å²) in [4.78, 5) is 17.2. The van der Waals surface area contributed by atoms with Crippen LogP contribution in [0.2, 0.25) is 0 Å². The first kappa shape index (κ1) is 23.4. The summed E-state index contributed by atoms with van der Waals surface area (Å²) in [5.74, 6) is -0.817. The van der Waals surface area contributed by atoms with Crippen LogP contribution in [0.4, 0.5) is 4.39 Å². The fraction of sp³-hybridized carbons (Fsp3) is 0.286. The van der Waals surface area contributed by atoms with E-state index in [-0.39, 0.29) is 22.5 Å². The minimum atomic E-state index is -3.59. The van der Waals surface area contributed by atoms with Gasteiger partial charge in [-0.05, 0) is 96.5 Å². The van der Waals surface area contributed by atoms with Crippen molar-refractivity contribution in [2.75, 3.05) is 12.3 Å². The maximum atomic E-state index is 13.3. The van der Waals surface area contributed by atoms with Crippen molar-refractivity contribution in [3.8, 4) is 11.1 Å². The second kappa shape index (κ2) is 9.38. The molecule has 3 aromatic carbocycles. The second-order valence-corrected chi connectivity index (χ2v) is 11.4. The Morgan fingerprint density at radius 3 is 2.54 bits per heavy atom. The Balaban J connectivity index is 1.45. The van der Waals surface area contributed by atoms with Gasteiger partial charge in [0.1, 0.15) is 5.82 Å². The number of aryl methyl sites for hydroxylation is 1. The minimum Gasteiger partial charge on any atom is -0.349 e. The van der Waals surface area contributed by atoms with Crippen molar-refractivity contribution in [1.82, 2.24) is 5.32 Å². The second-order valence-electron chi connectivity index (χ2n) is 9.38. The first-order valence-corrected chi connectivity index (χ1v) is 13.5. The van der Waals surface area contributed by atoms with E-state index in [1.165, 1.54) is 24.3 Å². The van der Waals surface area contributed by atoms with Gasteiger partial charge in [-0.15, -0.1) is 0 Å². The number of nitrogens with zero attached hydrogens (tertiary/aromatic N) is 1. The monoisotopic (exact) mass is 490 g/mol. The molecular formula is C28H27FN2O3S. The lowest BCUT2D eigenvalue weighted by Gasteiger charge is -2.19. The topological polar surface area (TPSA) is 75.6 Å². The summed E-state index contributed by atoms with van der Waals surface area (Å²) in [5.41, 5.74) is 5.41. The van der Waals surface area contributed by atoms with Crippen LogP contribution in [0.25, 0.3) is 11.1 Å². The molecule has 0 radical (unpaired) electrons. The molecule has 1 fully saturated rings. The van der Waals surface area contributed by atoms with Gasteiger partial charge in [0.2, 0.25) is 0 Å². The average Bonchev–Trinajstić information content (AvgIpc) is 3.67. The maximum Gasteiger partial charge on any atom is 0.251 e. The number of sulfone groups is 1. The third-order valence-electron chi connectivity index (χ3n) is 6.68. The number of rotatable bonds is 6. The zero-order valence-electron chi connectivity index (χ0n) is 19.5. The van der Waals surface area contributed by atoms with E-state index in [4.69, 9.17) is 0 Å². The molecule has 1 atom stereocenters. The van der Waals surface area contributed by atoms with Gasteiger partial charge in [-0.25, -0.2) is 12.8 Å². The summed E-state index contributed by atoms with van der Waals surface area (Å²) in [7, 11) is -3.59. The van der Waals surface area contributed by atoms with E-state index in [0.29, 0.717) is 24.6 Å². The highest BCUT2D eigenvalue weighted by atomic mass is 32.2. The number of carbonyl (C=O) groups excluding carboxylic acids is 1. The van der Waals surface area contributed by atoms with Crippen LogP contribution in [0.3, 0.4) is 0 Å². The number of fused-ring (bicyclic) bond motifs is 1. The molecule has 7 heteroatoms. The molecule has 0 bridgehead atoms. The summed E-state index contributed by atoms with van der Waals surface area (Å²) in [5, 5.41) is 3.03. The summed E-state index contributed by atoms with van der Waals surface area (Å²) < 4.78 is 39.4. The largest absolute Gasteiger partial charge is 0.349 e. The van der Waals surface area contributed by atoms with E-state index >= 15 is 0 Å². The minimum absolute atomic E-state index is 0.0591. The molecule has 1 aliphatic carbocycles. The quantitative estimate of drug-likeness (QED) is 0.490. The van der Waals surface area contributed by atoms with Crippen molar-refractivity contribution in [3.05, 3.63) is 88.7 Å². The third-order valence-corrected chi connectivity index (χ3v) is 8.51. The highest BCUT2D eigenvalue weighted by Gasteiger charge is 2.26. The summed E-state index contributed by atoms with van der Waals surface area (Å²) in [6, 6.07) is 17.0. The molecule has 5 rings (SSSR count). The summed E-state index contributed by atoms with van der Waals surface area (Å²) in [6.07, 6.45) is 4.49. The SMILES string of the molecule is Cc1ccc(C(=O)NC2CC2)cc1-c1ccc2c(c1)C=NCCC2CS(=O)(=O)c1ccc(F)cc1. The molecule has 0 saturated heterocycles. The van der Waals surface area contributed by atoms with Gasteiger partial charge in [0.25, 0.3) is 5.91 Å². The Bertz CT molecular complexity index is 1410. The van der Waals surface area contributed by atoms with Crippen LogP contribution in [0.15, 0.2) is 70.6 Å². The summed E-state index contributed by atoms with van der Waals surface area (Å²) in [6.45, 7) is 2.54. The number of benzene rings is 3. The number of hydrogen-bond donors (Lipinski definition) is 1. The Hall–Kier alpha value is -3.32. The summed E-state index contributed by atoms with van der Waals surface area (Å²) >= 11 is 0. The fourth-order valence-electron chi connectivity index (χ4n) is 4.52. The molecule has 1 saturated carbocycles. The van der Waals surface area contributed by atoms with Gasteiger partial charge in [0.05, 0.1) is 10.6 Å². The molecule has 1 heterocycles. The molecular weight excluding hydrogens is 463 g/mol. The van der Waals surface area contributed by atoms with Gasteiger partial charge < -0.3 is 5.32 Å². The molecule has 1 aliphatic heterocycles. The standard InChI is InChI=1S/C28H27FN2O3S/c1-18-2-3-20(28(32)31-24-7-8-24)15-27(18)19-4-11-26-21(12-13-30-16-22(26)14-19)17-35(33,34)25-9-5-23(29)6-10-25/h2-6,9-11,14-16,21,24H,7-8,12-13,17H2,1H3,(H,31,32). The Kier molecular flexibility index (Phi) is 6.28. The lowest BCUT2D eigenvalue weighted by Crippen LogP contribution is -2.25. The Labute approximate surface area is 205 Å². The molecule has 1 amide bonds. The number of amides is 1. The molecule has 0 spiro atoms. The number of carbonyl (C=O) groups is 1. The average molecular weight is 491 g/mol. The van der Waals surface area contributed by atoms with E-state index in [2.05, 4.69) is 10.3 Å². The Morgan fingerprint density at radius 2 is 1.80 bits per heavy atom. The zero-order chi connectivity index (χ0) is 24.6. The van der Waals surface area contributed by atoms with Crippen LogP contribution in [-0.2, 0) is 9.84 Å². The molecule has 180 valence electrons. The predicted octanol–water partition coefficient (Wildman–Crippen LogP) is 5.07. The van der Waals surface area contributed by atoms with E-state index in [1.807, 2.05) is 49.5 Å². The van der Waals surface area contributed by atoms with Gasteiger partial charge in [0.15, 0.2) is 9.84 Å². The van der Waals surface area contributed by atoms with Crippen molar-refractivity contribution in [1.29, 1.82) is 0 Å². The first-order valence-electron chi connectivity index (χ1n) is 11.8. The number of nitrogens with one attached hydrogen (secondary N) is 1. The molecule has 1 unspecified atom stereocenters. The van der Waals surface area contributed by atoms with E-state index < -0.39 is 15.7 Å². The lowest BCUT2D eigenvalue weighted by molar-refractivity contribution is 0.0951. The van der Waals surface area contributed by atoms with Crippen LogP contribution < -0.4 is 5.32 Å². The zero-order valence-corrected chi connectivity index (χ0v) is 20.3. The van der Waals surface area contributed by atoms with E-state index in [9.17, 15) is 17.6 Å². The predicted molar refractivity (Wildman–Crippen MR) is 135 cm³/mol. The Morgan fingerprint density at radius 1 is 1.03 bits per heavy atom. The molecule has 35 heavy (non-hydrogen) atoms. The van der Waals surface area contributed by atoms with Crippen molar-refractivity contribution in [2.45, 2.75) is 43.0 Å². The van der Waals surface area contributed by atoms with Crippen molar-refractivity contribution in [3.63, 3.8) is 0 Å². The van der Waals surface area contributed by atoms with E-state index in [1.54, 1.807) is 0 Å². The fourth-order valence-corrected chi connectivity index (χ4v) is 6.14. The van der Waals surface area contributed by atoms with Crippen LogP contribution in [0.1, 0.15) is 52.2 Å². The normalized spacial score (nSPS) is 17.5. The van der Waals surface area contributed by atoms with Gasteiger partial charge in [-0.3, -0.25) is 9.79 Å². The first-order chi connectivity index (χ1) is 16.8. The smallest absolute Gasteiger partial charge is 0.251 e. The van der Waals surface area contributed by atoms with E-state index in [0.717, 1.165) is 40.7 Å². The third kappa shape index (κ3) is 5.20. The molecule has 2 aliphatic rings. The van der Waals surface area contributed by atoms with Gasteiger partial charge in [-0.1, -0.05) is 18.2 Å². The van der Waals surface area contributed by atoms with Crippen molar-refractivity contribution in [2.24, 2.45) is 4.99 Å². The lowest BCUT2D eigenvalue weighted by atomic mass is 9.90. The number of halogens is 1. The van der Waals surface area contributed by atoms with Crippen LogP contribution in [0.5, 0.6) is 0 Å². The molecule has 1 N–H and O–H groups in total. The maximum absolute atomic E-state index is 13.3. The van der Waals surface area contributed by atoms with Crippen LogP contribution in [0, 0.1) is 12.7 Å². The highest BCUT2D eigenvalue weighted by Crippen LogP contribution is 2.33. The van der Waals surface area contributed by atoms with Gasteiger partial charge >= 0.3 is 0 Å². The molecule has 0 aromatic heterocycles. The number of hydrogen-bond acceptors (Lipinski definition) is 4. The molecule has 5 nitrogen and oxygen atoms in total. The van der Waals surface area contributed by atoms with Crippen LogP contribution >= 0.6 is 0 Å². The van der Waals surface area contributed by atoms with Gasteiger partial charge in [-0.2, -0.15) is 0 Å². The number of aliphatic imine (C=N–C) groups is 1. The van der Waals surface area contributed by atoms with Crippen molar-refractivity contribution >= 4 is 22.0 Å². The van der Waals surface area contributed by atoms with Gasteiger partial charge in [0, 0.05) is 30.3 Å². The highest BCUT2D eigenvalue weighted by molar-refractivity contribution is 7.91.